The molecule has 0 unspecified atom stereocenters. The number of aromatic hydroxyl groups is 1. The lowest BCUT2D eigenvalue weighted by Crippen LogP contribution is -2.36. The molecule has 0 spiro atoms. The lowest BCUT2D eigenvalue weighted by molar-refractivity contribution is -0.136. The highest BCUT2D eigenvalue weighted by atomic mass is 79.9. The van der Waals surface area contributed by atoms with E-state index < -0.39 is 11.9 Å². The van der Waals surface area contributed by atoms with E-state index in [9.17, 15) is 14.7 Å². The highest BCUT2D eigenvalue weighted by Crippen LogP contribution is 2.48. The molecule has 7 nitrogen and oxygen atoms in total. The van der Waals surface area contributed by atoms with Gasteiger partial charge in [0.25, 0.3) is 0 Å². The summed E-state index contributed by atoms with van der Waals surface area (Å²) >= 11 is 3.36. The molecule has 2 aliphatic rings. The zero-order valence-corrected chi connectivity index (χ0v) is 21.0. The number of ether oxygens (including phenoxy) is 3. The molecule has 1 aliphatic heterocycles. The topological polar surface area (TPSA) is 94.1 Å². The Labute approximate surface area is 206 Å². The Morgan fingerprint density at radius 1 is 1.06 bits per heavy atom. The van der Waals surface area contributed by atoms with E-state index in [2.05, 4.69) is 21.2 Å². The van der Waals surface area contributed by atoms with Crippen molar-refractivity contribution in [2.45, 2.75) is 31.6 Å². The number of rotatable bonds is 5. The van der Waals surface area contributed by atoms with E-state index in [0.29, 0.717) is 39.7 Å². The number of phenols is 1. The van der Waals surface area contributed by atoms with Gasteiger partial charge < -0.3 is 24.6 Å². The second-order valence-electron chi connectivity index (χ2n) is 8.34. The summed E-state index contributed by atoms with van der Waals surface area (Å²) in [4.78, 5) is 26.4. The van der Waals surface area contributed by atoms with Gasteiger partial charge in [-0.1, -0.05) is 12.1 Å². The number of nitrogens with one attached hydrogen (secondary N) is 1. The Kier molecular flexibility index (Phi) is 6.70. The van der Waals surface area contributed by atoms with Crippen molar-refractivity contribution in [3.05, 3.63) is 74.5 Å². The minimum atomic E-state index is -0.654. The molecule has 4 rings (SSSR count). The van der Waals surface area contributed by atoms with Crippen LogP contribution in [0, 0.1) is 0 Å². The van der Waals surface area contributed by atoms with Gasteiger partial charge in [0, 0.05) is 29.3 Å². The molecule has 2 N–H and O–H groups in total. The van der Waals surface area contributed by atoms with Crippen LogP contribution in [-0.2, 0) is 14.3 Å². The Bertz CT molecular complexity index is 1210. The van der Waals surface area contributed by atoms with E-state index in [-0.39, 0.29) is 23.2 Å². The number of Topliss-reactive ketones (excluding diaryl/α,β-unsaturated/α-hetero) is 1. The molecule has 178 valence electrons. The van der Waals surface area contributed by atoms with Gasteiger partial charge in [-0.25, -0.2) is 4.79 Å². The first-order valence-corrected chi connectivity index (χ1v) is 11.6. The number of benzene rings is 2. The van der Waals surface area contributed by atoms with Gasteiger partial charge in [0.05, 0.1) is 31.4 Å². The maximum Gasteiger partial charge on any atom is 0.336 e. The number of ketones is 1. The first kappa shape index (κ1) is 23.9. The number of allylic oxidation sites excluding steroid dienone is 3. The fraction of sp³-hybridized carbons (Fsp3) is 0.308. The van der Waals surface area contributed by atoms with Crippen LogP contribution in [0.4, 0.5) is 0 Å². The minimum absolute atomic E-state index is 0.00104. The van der Waals surface area contributed by atoms with E-state index in [1.807, 2.05) is 24.3 Å². The van der Waals surface area contributed by atoms with Crippen LogP contribution in [0.3, 0.4) is 0 Å². The lowest BCUT2D eigenvalue weighted by Gasteiger charge is -2.36. The zero-order chi connectivity index (χ0) is 24.6. The SMILES string of the molecule is COC(=O)C1=C(C)NC2=C(C(=O)C[C@@H](c3ccc(OC)cc3)C2)[C@H]1c1cc(Br)c(O)c(OC)c1. The summed E-state index contributed by atoms with van der Waals surface area (Å²) in [6.07, 6.45) is 0.930. The highest BCUT2D eigenvalue weighted by molar-refractivity contribution is 9.10. The van der Waals surface area contributed by atoms with Gasteiger partial charge in [-0.3, -0.25) is 4.79 Å². The van der Waals surface area contributed by atoms with Crippen molar-refractivity contribution in [2.24, 2.45) is 0 Å². The number of hydrogen-bond acceptors (Lipinski definition) is 7. The summed E-state index contributed by atoms with van der Waals surface area (Å²) < 4.78 is 16.1. The molecule has 0 bridgehead atoms. The average molecular weight is 528 g/mol. The van der Waals surface area contributed by atoms with Crippen LogP contribution in [0.2, 0.25) is 0 Å². The normalized spacial score (nSPS) is 20.0. The fourth-order valence-corrected chi connectivity index (χ4v) is 5.24. The Balaban J connectivity index is 1.83. The molecule has 0 aromatic heterocycles. The number of carbonyl (C=O) groups excluding carboxylic acids is 2. The van der Waals surface area contributed by atoms with Gasteiger partial charge in [-0.15, -0.1) is 0 Å². The van der Waals surface area contributed by atoms with Crippen LogP contribution in [0.1, 0.15) is 42.7 Å². The Hall–Kier alpha value is -3.26. The molecule has 0 radical (unpaired) electrons. The van der Waals surface area contributed by atoms with E-state index in [4.69, 9.17) is 14.2 Å². The van der Waals surface area contributed by atoms with Crippen molar-refractivity contribution < 1.29 is 28.9 Å². The number of methoxy groups -OCH3 is 3. The summed E-state index contributed by atoms with van der Waals surface area (Å²) in [5.41, 5.74) is 4.00. The number of phenolic OH excluding ortho intramolecular Hbond substituents is 1. The van der Waals surface area contributed by atoms with Crippen molar-refractivity contribution in [3.63, 3.8) is 0 Å². The second-order valence-corrected chi connectivity index (χ2v) is 9.19. The van der Waals surface area contributed by atoms with Gasteiger partial charge in [0.2, 0.25) is 0 Å². The predicted octanol–water partition coefficient (Wildman–Crippen LogP) is 4.71. The molecule has 2 aromatic carbocycles. The van der Waals surface area contributed by atoms with Crippen LogP contribution in [-0.4, -0.2) is 38.2 Å². The summed E-state index contributed by atoms with van der Waals surface area (Å²) in [5, 5.41) is 13.6. The van der Waals surface area contributed by atoms with E-state index >= 15 is 0 Å². The molecule has 0 amide bonds. The predicted molar refractivity (Wildman–Crippen MR) is 130 cm³/mol. The molecular formula is C26H26BrNO6. The van der Waals surface area contributed by atoms with Gasteiger partial charge >= 0.3 is 5.97 Å². The molecule has 8 heteroatoms. The maximum atomic E-state index is 13.6. The molecule has 0 fully saturated rings. The lowest BCUT2D eigenvalue weighted by atomic mass is 9.71. The molecule has 2 aromatic rings. The number of esters is 1. The van der Waals surface area contributed by atoms with Crippen molar-refractivity contribution in [3.8, 4) is 17.2 Å². The summed E-state index contributed by atoms with van der Waals surface area (Å²) in [6, 6.07) is 11.1. The zero-order valence-electron chi connectivity index (χ0n) is 19.4. The first-order chi connectivity index (χ1) is 16.3. The molecule has 0 saturated carbocycles. The van der Waals surface area contributed by atoms with Gasteiger partial charge in [-0.05, 0) is 70.6 Å². The van der Waals surface area contributed by atoms with Crippen LogP contribution in [0.25, 0.3) is 0 Å². The van der Waals surface area contributed by atoms with Crippen LogP contribution in [0.15, 0.2) is 63.4 Å². The van der Waals surface area contributed by atoms with Crippen molar-refractivity contribution in [2.75, 3.05) is 21.3 Å². The van der Waals surface area contributed by atoms with E-state index in [1.165, 1.54) is 14.2 Å². The van der Waals surface area contributed by atoms with E-state index in [1.54, 1.807) is 26.2 Å². The monoisotopic (exact) mass is 527 g/mol. The number of hydrogen-bond donors (Lipinski definition) is 2. The Morgan fingerprint density at radius 3 is 2.38 bits per heavy atom. The molecule has 1 aliphatic carbocycles. The smallest absolute Gasteiger partial charge is 0.336 e. The third-order valence-electron chi connectivity index (χ3n) is 6.42. The maximum absolute atomic E-state index is 13.6. The van der Waals surface area contributed by atoms with Gasteiger partial charge in [-0.2, -0.15) is 0 Å². The third kappa shape index (κ3) is 4.18. The summed E-state index contributed by atoms with van der Waals surface area (Å²) in [7, 11) is 4.39. The quantitative estimate of drug-likeness (QED) is 0.543. The van der Waals surface area contributed by atoms with Gasteiger partial charge in [0.1, 0.15) is 5.75 Å². The van der Waals surface area contributed by atoms with Crippen LogP contribution in [0.5, 0.6) is 17.2 Å². The molecule has 34 heavy (non-hydrogen) atoms. The largest absolute Gasteiger partial charge is 0.503 e. The summed E-state index contributed by atoms with van der Waals surface area (Å²) in [5.74, 6) is -0.269. The van der Waals surface area contributed by atoms with Crippen LogP contribution >= 0.6 is 15.9 Å². The first-order valence-electron chi connectivity index (χ1n) is 10.8. The standard InChI is InChI=1S/C26H26BrNO6/c1-13-22(26(31)34-4)23(16-9-18(27)25(30)21(12-16)33-3)24-19(28-13)10-15(11-20(24)29)14-5-7-17(32-2)8-6-14/h5-9,12,15,23,28,30H,10-11H2,1-4H3/t15-,23-/m0/s1. The molecular weight excluding hydrogens is 502 g/mol. The van der Waals surface area contributed by atoms with Gasteiger partial charge in [0.15, 0.2) is 17.3 Å². The molecule has 1 heterocycles. The third-order valence-corrected chi connectivity index (χ3v) is 7.03. The fourth-order valence-electron chi connectivity index (χ4n) is 4.78. The minimum Gasteiger partial charge on any atom is -0.503 e. The second kappa shape index (κ2) is 9.54. The average Bonchev–Trinajstić information content (AvgIpc) is 2.84. The van der Waals surface area contributed by atoms with Crippen molar-refractivity contribution in [1.82, 2.24) is 5.32 Å². The van der Waals surface area contributed by atoms with E-state index in [0.717, 1.165) is 17.0 Å². The highest BCUT2D eigenvalue weighted by Gasteiger charge is 2.41. The number of carbonyl (C=O) groups is 2. The number of dihydropyridines is 1. The van der Waals surface area contributed by atoms with Crippen molar-refractivity contribution >= 4 is 27.7 Å². The number of halogens is 1. The van der Waals surface area contributed by atoms with Crippen molar-refractivity contribution in [1.29, 1.82) is 0 Å². The van der Waals surface area contributed by atoms with Crippen LogP contribution < -0.4 is 14.8 Å². The Morgan fingerprint density at radius 2 is 1.76 bits per heavy atom. The summed E-state index contributed by atoms with van der Waals surface area (Å²) in [6.45, 7) is 1.80. The molecule has 2 atom stereocenters. The molecule has 0 saturated heterocycles.